The Kier molecular flexibility index (Phi) is 233. The van der Waals surface area contributed by atoms with Gasteiger partial charge in [0.25, 0.3) is 0 Å². The van der Waals surface area contributed by atoms with Crippen LogP contribution in [0, 0.1) is 0 Å². The fourth-order valence-corrected chi connectivity index (χ4v) is 0. The molecule has 1 nitrogen and oxygen atoms in total. The van der Waals surface area contributed by atoms with Crippen molar-refractivity contribution in [3.8, 4) is 0 Å². The Balaban J connectivity index is 0. The maximum absolute atomic E-state index is 0. The summed E-state index contributed by atoms with van der Waals surface area (Å²) in [7, 11) is 0. The van der Waals surface area contributed by atoms with E-state index in [1.807, 2.05) is 0 Å². The summed E-state index contributed by atoms with van der Waals surface area (Å²) in [6, 6.07) is 0. The van der Waals surface area contributed by atoms with Crippen LogP contribution in [-0.2, 0) is 61.8 Å². The average molecular weight is 199 g/mol. The van der Waals surface area contributed by atoms with Crippen LogP contribution in [0.25, 0.3) is 0 Å². The maximum atomic E-state index is 0. The van der Waals surface area contributed by atoms with Crippen LogP contribution in [0.2, 0.25) is 0 Å². The Morgan fingerprint density at radius 3 is 0.750 bits per heavy atom. The van der Waals surface area contributed by atoms with Crippen molar-refractivity contribution in [3.63, 3.8) is 0 Å². The molecule has 0 aromatic heterocycles. The minimum atomic E-state index is 0. The van der Waals surface area contributed by atoms with Crippen molar-refractivity contribution < 1.29 is 61.8 Å². The Hall–Kier alpha value is 1.74. The molecule has 0 fully saturated rings. The zero-order valence-electron chi connectivity index (χ0n) is 2.23. The van der Waals surface area contributed by atoms with Crippen molar-refractivity contribution in [2.75, 3.05) is 0 Å². The summed E-state index contributed by atoms with van der Waals surface area (Å²) < 4.78 is 0. The molecule has 0 aliphatic carbocycles. The molecule has 0 rings (SSSR count). The number of hydrogen-bond acceptors (Lipinski definition) is 0. The van der Waals surface area contributed by atoms with Crippen LogP contribution in [-0.4, -0.2) is 0 Å². The summed E-state index contributed by atoms with van der Waals surface area (Å²) in [5.41, 5.74) is 0. The van der Waals surface area contributed by atoms with E-state index in [0.29, 0.717) is 0 Å². The first-order valence-electron chi connectivity index (χ1n) is 0. The van der Waals surface area contributed by atoms with E-state index in [1.54, 1.807) is 0 Å². The number of rotatable bonds is 0. The van der Waals surface area contributed by atoms with E-state index < -0.39 is 0 Å². The van der Waals surface area contributed by atoms with Crippen LogP contribution < -0.4 is 0 Å². The van der Waals surface area contributed by atoms with Gasteiger partial charge in [-0.15, -0.1) is 0 Å². The molecule has 0 aliphatic rings. The summed E-state index contributed by atoms with van der Waals surface area (Å²) in [5, 5.41) is 0. The quantitative estimate of drug-likeness (QED) is 0.486. The third-order valence-corrected chi connectivity index (χ3v) is 0. The molecule has 0 N–H and O–H groups in total. The molecule has 4 heavy (non-hydrogen) atoms. The summed E-state index contributed by atoms with van der Waals surface area (Å²) in [6.45, 7) is 0. The van der Waals surface area contributed by atoms with E-state index in [-0.39, 0.29) is 61.8 Å². The Bertz CT molecular complexity index is 6.00. The molecule has 0 aromatic carbocycles. The van der Waals surface area contributed by atoms with Crippen molar-refractivity contribution in [3.05, 3.63) is 0 Å². The van der Waals surface area contributed by atoms with E-state index in [4.69, 9.17) is 0 Å². The van der Waals surface area contributed by atoms with Gasteiger partial charge in [-0.3, -0.25) is 0 Å². The van der Waals surface area contributed by atoms with Gasteiger partial charge in [-0.2, -0.15) is 0 Å². The predicted octanol–water partition coefficient (Wildman–Crippen LogP) is -0.126. The predicted molar refractivity (Wildman–Crippen MR) is 0.686 cm³/mol. The topological polar surface area (TPSA) is 28.5 Å². The van der Waals surface area contributed by atoms with Crippen molar-refractivity contribution in [1.29, 1.82) is 0 Å². The molecule has 0 amide bonds. The average Bonchev–Trinajstić information content (AvgIpc) is 0. The first kappa shape index (κ1) is 42.6. The van der Waals surface area contributed by atoms with Gasteiger partial charge in [-0.25, -0.2) is 0 Å². The summed E-state index contributed by atoms with van der Waals surface area (Å²) in [4.78, 5) is 0. The summed E-state index contributed by atoms with van der Waals surface area (Å²) in [6.07, 6.45) is 0. The largest absolute Gasteiger partial charge is 3.00 e. The molecule has 0 bridgehead atoms. The van der Waals surface area contributed by atoms with Crippen LogP contribution in [0.1, 0.15) is 0 Å². The van der Waals surface area contributed by atoms with Gasteiger partial charge < -0.3 is 5.48 Å². The van der Waals surface area contributed by atoms with Crippen molar-refractivity contribution in [2.45, 2.75) is 0 Å². The number of hydrogen-bond donors (Lipinski definition) is 0. The van der Waals surface area contributed by atoms with Gasteiger partial charge in [0.2, 0.25) is 0 Å². The van der Waals surface area contributed by atoms with Gasteiger partial charge in [0.1, 0.15) is 0 Å². The molecule has 0 spiro atoms. The molecule has 1 radical (unpaired) electrons. The minimum absolute atomic E-state index is 0. The van der Waals surface area contributed by atoms with E-state index in [2.05, 4.69) is 0 Å². The molecule has 4 heteroatoms. The van der Waals surface area contributed by atoms with Crippen LogP contribution in [0.5, 0.6) is 0 Å². The molecular weight excluding hydrogens is 199 g/mol. The molecule has 0 atom stereocenters. The molecule has 0 heterocycles. The summed E-state index contributed by atoms with van der Waals surface area (Å²) in [5.74, 6) is 0. The molecule has 0 unspecified atom stereocenters. The first-order chi connectivity index (χ1) is 0. The van der Waals surface area contributed by atoms with E-state index >= 15 is 0 Å². The van der Waals surface area contributed by atoms with E-state index in [0.717, 1.165) is 0 Å². The molecule has 0 aromatic rings. The second kappa shape index (κ2) is 21.9. The Morgan fingerprint density at radius 1 is 0.750 bits per heavy atom. The van der Waals surface area contributed by atoms with Crippen LogP contribution in [0.15, 0.2) is 0 Å². The Morgan fingerprint density at radius 2 is 0.750 bits per heavy atom. The molecule has 11 valence electrons. The second-order valence-electron chi connectivity index (χ2n) is 0. The molecule has 0 saturated carbocycles. The monoisotopic (exact) mass is 196 g/mol. The standard InChI is InChI=1S/Cr.O.2Zn/q+3;-2;2*+2. The molecule has 0 aliphatic heterocycles. The Labute approximate surface area is 61.5 Å². The van der Waals surface area contributed by atoms with Gasteiger partial charge >= 0.3 is 56.3 Å². The van der Waals surface area contributed by atoms with Gasteiger partial charge in [-0.05, 0) is 0 Å². The fraction of sp³-hybridized carbons (Fsp3) is 0. The van der Waals surface area contributed by atoms with Crippen LogP contribution in [0.4, 0.5) is 0 Å². The third kappa shape index (κ3) is 9.28. The van der Waals surface area contributed by atoms with Gasteiger partial charge in [0, 0.05) is 0 Å². The molecule has 0 saturated heterocycles. The normalized spacial score (nSPS) is 0. The minimum Gasteiger partial charge on any atom is -2.00 e. The van der Waals surface area contributed by atoms with Gasteiger partial charge in [-0.1, -0.05) is 0 Å². The third-order valence-electron chi connectivity index (χ3n) is 0. The van der Waals surface area contributed by atoms with Crippen molar-refractivity contribution in [2.24, 2.45) is 0 Å². The zero-order valence-corrected chi connectivity index (χ0v) is 9.44. The van der Waals surface area contributed by atoms with Crippen molar-refractivity contribution >= 4 is 0 Å². The fourth-order valence-electron chi connectivity index (χ4n) is 0. The van der Waals surface area contributed by atoms with Crippen molar-refractivity contribution in [1.82, 2.24) is 0 Å². The van der Waals surface area contributed by atoms with E-state index in [9.17, 15) is 0 Å². The smallest absolute Gasteiger partial charge is 2.00 e. The van der Waals surface area contributed by atoms with E-state index in [1.165, 1.54) is 0 Å². The van der Waals surface area contributed by atoms with Gasteiger partial charge in [0.15, 0.2) is 0 Å². The first-order valence-corrected chi connectivity index (χ1v) is 0. The van der Waals surface area contributed by atoms with Gasteiger partial charge in [0.05, 0.1) is 0 Å². The zero-order chi connectivity index (χ0) is 0. The summed E-state index contributed by atoms with van der Waals surface area (Å²) >= 11 is 0. The second-order valence-corrected chi connectivity index (χ2v) is 0. The van der Waals surface area contributed by atoms with Crippen LogP contribution >= 0.6 is 0 Å². The SMILES string of the molecule is [Cr+3].[O-2].[Zn+2].[Zn+2]. The maximum Gasteiger partial charge on any atom is 3.00 e. The van der Waals surface area contributed by atoms with Crippen LogP contribution in [0.3, 0.4) is 0 Å². The molecular formula is CrOZn2+5.